The van der Waals surface area contributed by atoms with E-state index in [1.807, 2.05) is 0 Å². The Hall–Kier alpha value is -0.0800. The summed E-state index contributed by atoms with van der Waals surface area (Å²) >= 11 is 0. The van der Waals surface area contributed by atoms with Crippen molar-refractivity contribution in [2.24, 2.45) is 0 Å². The van der Waals surface area contributed by atoms with Gasteiger partial charge in [0, 0.05) is 24.7 Å². The summed E-state index contributed by atoms with van der Waals surface area (Å²) in [5, 5.41) is 3.55. The van der Waals surface area contributed by atoms with Crippen LogP contribution in [0.5, 0.6) is 0 Å². The summed E-state index contributed by atoms with van der Waals surface area (Å²) in [5.74, 6) is 0. The zero-order valence-corrected chi connectivity index (χ0v) is 9.51. The molecule has 0 aromatic rings. The van der Waals surface area contributed by atoms with Gasteiger partial charge < -0.3 is 5.32 Å². The van der Waals surface area contributed by atoms with Gasteiger partial charge in [-0.1, -0.05) is 6.92 Å². The maximum absolute atomic E-state index is 3.55. The first kappa shape index (κ1) is 11.0. The maximum atomic E-state index is 3.55. The Morgan fingerprint density at radius 3 is 2.46 bits per heavy atom. The summed E-state index contributed by atoms with van der Waals surface area (Å²) in [6, 6.07) is 2.23. The predicted molar refractivity (Wildman–Crippen MR) is 58.0 cm³/mol. The highest BCUT2D eigenvalue weighted by molar-refractivity contribution is 4.85. The van der Waals surface area contributed by atoms with Crippen molar-refractivity contribution in [2.75, 3.05) is 13.6 Å². The minimum atomic E-state index is 0.662. The second-order valence-electron chi connectivity index (χ2n) is 4.46. The van der Waals surface area contributed by atoms with Crippen LogP contribution in [-0.4, -0.2) is 36.6 Å². The van der Waals surface area contributed by atoms with E-state index < -0.39 is 0 Å². The van der Waals surface area contributed by atoms with Crippen molar-refractivity contribution < 1.29 is 0 Å². The Morgan fingerprint density at radius 2 is 2.00 bits per heavy atom. The average Bonchev–Trinajstić information content (AvgIpc) is 2.95. The topological polar surface area (TPSA) is 15.3 Å². The van der Waals surface area contributed by atoms with Crippen molar-refractivity contribution in [2.45, 2.75) is 58.2 Å². The minimum Gasteiger partial charge on any atom is -0.313 e. The lowest BCUT2D eigenvalue weighted by Gasteiger charge is -2.26. The molecule has 2 nitrogen and oxygen atoms in total. The third kappa shape index (κ3) is 3.65. The fourth-order valence-corrected chi connectivity index (χ4v) is 1.50. The molecule has 1 rings (SSSR count). The highest BCUT2D eigenvalue weighted by atomic mass is 15.2. The molecule has 78 valence electrons. The van der Waals surface area contributed by atoms with Gasteiger partial charge in [-0.05, 0) is 40.2 Å². The van der Waals surface area contributed by atoms with Crippen molar-refractivity contribution in [3.05, 3.63) is 0 Å². The molecular weight excluding hydrogens is 160 g/mol. The van der Waals surface area contributed by atoms with E-state index in [0.717, 1.165) is 12.6 Å². The lowest BCUT2D eigenvalue weighted by Crippen LogP contribution is -2.41. The zero-order valence-electron chi connectivity index (χ0n) is 9.51. The Morgan fingerprint density at radius 1 is 1.38 bits per heavy atom. The molecule has 0 bridgehead atoms. The van der Waals surface area contributed by atoms with Gasteiger partial charge in [0.1, 0.15) is 0 Å². The molecule has 13 heavy (non-hydrogen) atoms. The molecule has 0 saturated heterocycles. The fraction of sp³-hybridized carbons (Fsp3) is 1.00. The van der Waals surface area contributed by atoms with E-state index in [9.17, 15) is 0 Å². The molecule has 0 aromatic carbocycles. The molecule has 1 aliphatic carbocycles. The first-order valence-corrected chi connectivity index (χ1v) is 5.60. The van der Waals surface area contributed by atoms with Crippen LogP contribution in [0.3, 0.4) is 0 Å². The molecule has 0 amide bonds. The van der Waals surface area contributed by atoms with E-state index in [0.29, 0.717) is 12.1 Å². The van der Waals surface area contributed by atoms with Crippen LogP contribution in [-0.2, 0) is 0 Å². The summed E-state index contributed by atoms with van der Waals surface area (Å²) in [5.41, 5.74) is 0. The van der Waals surface area contributed by atoms with Crippen LogP contribution < -0.4 is 5.32 Å². The summed E-state index contributed by atoms with van der Waals surface area (Å²) in [6.45, 7) is 7.92. The van der Waals surface area contributed by atoms with Gasteiger partial charge in [0.2, 0.25) is 0 Å². The minimum absolute atomic E-state index is 0.662. The van der Waals surface area contributed by atoms with Crippen LogP contribution in [0.4, 0.5) is 0 Å². The molecule has 0 aliphatic heterocycles. The van der Waals surface area contributed by atoms with Crippen LogP contribution in [0.15, 0.2) is 0 Å². The van der Waals surface area contributed by atoms with Gasteiger partial charge in [0.15, 0.2) is 0 Å². The fourth-order valence-electron chi connectivity index (χ4n) is 1.50. The molecular formula is C11H24N2. The number of nitrogens with zero attached hydrogens (tertiary/aromatic N) is 1. The van der Waals surface area contributed by atoms with E-state index >= 15 is 0 Å². The number of hydrogen-bond acceptors (Lipinski definition) is 2. The summed E-state index contributed by atoms with van der Waals surface area (Å²) in [6.07, 6.45) is 4.04. The molecule has 1 N–H and O–H groups in total. The SMILES string of the molecule is CCC(C)NCC(C)N(C)C1CC1. The van der Waals surface area contributed by atoms with E-state index in [1.54, 1.807) is 0 Å². The van der Waals surface area contributed by atoms with E-state index in [-0.39, 0.29) is 0 Å². The number of nitrogens with one attached hydrogen (secondary N) is 1. The molecule has 0 radical (unpaired) electrons. The highest BCUT2D eigenvalue weighted by Gasteiger charge is 2.28. The van der Waals surface area contributed by atoms with Gasteiger partial charge in [0.05, 0.1) is 0 Å². The lowest BCUT2D eigenvalue weighted by molar-refractivity contribution is 0.236. The molecule has 1 fully saturated rings. The number of rotatable bonds is 6. The van der Waals surface area contributed by atoms with Gasteiger partial charge in [-0.2, -0.15) is 0 Å². The molecule has 2 atom stereocenters. The second-order valence-corrected chi connectivity index (χ2v) is 4.46. The number of hydrogen-bond donors (Lipinski definition) is 1. The normalized spacial score (nSPS) is 21.9. The summed E-state index contributed by atoms with van der Waals surface area (Å²) < 4.78 is 0. The first-order chi connectivity index (χ1) is 6.15. The first-order valence-electron chi connectivity index (χ1n) is 5.60. The van der Waals surface area contributed by atoms with Crippen LogP contribution in [0, 0.1) is 0 Å². The molecule has 1 saturated carbocycles. The zero-order chi connectivity index (χ0) is 9.84. The van der Waals surface area contributed by atoms with Crippen molar-refractivity contribution in [3.63, 3.8) is 0 Å². The molecule has 0 heterocycles. The van der Waals surface area contributed by atoms with E-state index in [4.69, 9.17) is 0 Å². The van der Waals surface area contributed by atoms with Gasteiger partial charge in [-0.15, -0.1) is 0 Å². The third-order valence-electron chi connectivity index (χ3n) is 3.19. The molecule has 2 unspecified atom stereocenters. The van der Waals surface area contributed by atoms with Crippen LogP contribution >= 0.6 is 0 Å². The maximum Gasteiger partial charge on any atom is 0.0192 e. The standard InChI is InChI=1S/C11H24N2/c1-5-9(2)12-8-10(3)13(4)11-6-7-11/h9-12H,5-8H2,1-4H3. The smallest absolute Gasteiger partial charge is 0.0192 e. The van der Waals surface area contributed by atoms with Gasteiger partial charge >= 0.3 is 0 Å². The summed E-state index contributed by atoms with van der Waals surface area (Å²) in [4.78, 5) is 2.51. The predicted octanol–water partition coefficient (Wildman–Crippen LogP) is 1.86. The monoisotopic (exact) mass is 184 g/mol. The molecule has 1 aliphatic rings. The molecule has 2 heteroatoms. The van der Waals surface area contributed by atoms with Gasteiger partial charge in [-0.25, -0.2) is 0 Å². The lowest BCUT2D eigenvalue weighted by atomic mass is 10.2. The Balaban J connectivity index is 2.12. The van der Waals surface area contributed by atoms with Crippen molar-refractivity contribution in [3.8, 4) is 0 Å². The third-order valence-corrected chi connectivity index (χ3v) is 3.19. The summed E-state index contributed by atoms with van der Waals surface area (Å²) in [7, 11) is 2.25. The van der Waals surface area contributed by atoms with E-state index in [2.05, 4.69) is 38.0 Å². The highest BCUT2D eigenvalue weighted by Crippen LogP contribution is 2.26. The van der Waals surface area contributed by atoms with E-state index in [1.165, 1.54) is 19.3 Å². The van der Waals surface area contributed by atoms with Crippen molar-refractivity contribution >= 4 is 0 Å². The van der Waals surface area contributed by atoms with Crippen molar-refractivity contribution in [1.82, 2.24) is 10.2 Å². The van der Waals surface area contributed by atoms with Gasteiger partial charge in [-0.3, -0.25) is 4.90 Å². The Labute approximate surface area is 82.7 Å². The quantitative estimate of drug-likeness (QED) is 0.678. The van der Waals surface area contributed by atoms with Crippen LogP contribution in [0.2, 0.25) is 0 Å². The number of likely N-dealkylation sites (N-methyl/N-ethyl adjacent to an activating group) is 1. The Kier molecular flexibility index (Phi) is 4.20. The van der Waals surface area contributed by atoms with Gasteiger partial charge in [0.25, 0.3) is 0 Å². The molecule has 0 spiro atoms. The second kappa shape index (κ2) is 4.97. The largest absolute Gasteiger partial charge is 0.313 e. The van der Waals surface area contributed by atoms with Crippen LogP contribution in [0.25, 0.3) is 0 Å². The molecule has 0 aromatic heterocycles. The average molecular weight is 184 g/mol. The van der Waals surface area contributed by atoms with Crippen LogP contribution in [0.1, 0.15) is 40.0 Å². The Bertz CT molecular complexity index is 143. The van der Waals surface area contributed by atoms with Crippen molar-refractivity contribution in [1.29, 1.82) is 0 Å².